The standard InChI is InChI=1S/C21H24N4O2/c1-23-16-22-14-19(23)21(26)25-9-4-8-24(10-11-25)15-17-5-2-6-18(13-17)20-7-3-12-27-20/h2-3,5-7,12-14,16H,4,8-11,15H2,1H3. The summed E-state index contributed by atoms with van der Waals surface area (Å²) >= 11 is 0. The molecule has 0 saturated carbocycles. The highest BCUT2D eigenvalue weighted by molar-refractivity contribution is 5.92. The lowest BCUT2D eigenvalue weighted by atomic mass is 10.1. The Morgan fingerprint density at radius 3 is 2.85 bits per heavy atom. The van der Waals surface area contributed by atoms with Gasteiger partial charge in [-0.25, -0.2) is 4.98 Å². The Hall–Kier alpha value is -2.86. The first-order chi connectivity index (χ1) is 13.2. The van der Waals surface area contributed by atoms with Crippen LogP contribution >= 0.6 is 0 Å². The molecule has 1 aromatic carbocycles. The number of hydrogen-bond donors (Lipinski definition) is 0. The van der Waals surface area contributed by atoms with Gasteiger partial charge in [-0.2, -0.15) is 0 Å². The minimum Gasteiger partial charge on any atom is -0.464 e. The number of carbonyl (C=O) groups is 1. The van der Waals surface area contributed by atoms with Crippen LogP contribution < -0.4 is 0 Å². The lowest BCUT2D eigenvalue weighted by Crippen LogP contribution is -2.35. The van der Waals surface area contributed by atoms with Crippen molar-refractivity contribution in [2.75, 3.05) is 26.2 Å². The fourth-order valence-electron chi connectivity index (χ4n) is 3.58. The molecule has 0 unspecified atom stereocenters. The van der Waals surface area contributed by atoms with Gasteiger partial charge in [0.15, 0.2) is 0 Å². The Bertz CT molecular complexity index is 901. The molecule has 140 valence electrons. The summed E-state index contributed by atoms with van der Waals surface area (Å²) in [6, 6.07) is 12.4. The highest BCUT2D eigenvalue weighted by Gasteiger charge is 2.22. The second kappa shape index (κ2) is 7.80. The average Bonchev–Trinajstić information content (AvgIpc) is 3.30. The first kappa shape index (κ1) is 17.5. The van der Waals surface area contributed by atoms with Crippen molar-refractivity contribution in [3.63, 3.8) is 0 Å². The molecule has 6 nitrogen and oxygen atoms in total. The van der Waals surface area contributed by atoms with Gasteiger partial charge in [0.05, 0.1) is 18.8 Å². The third-order valence-electron chi connectivity index (χ3n) is 5.05. The largest absolute Gasteiger partial charge is 0.464 e. The highest BCUT2D eigenvalue weighted by atomic mass is 16.3. The predicted molar refractivity (Wildman–Crippen MR) is 103 cm³/mol. The molecule has 0 aliphatic carbocycles. The Morgan fingerprint density at radius 2 is 2.07 bits per heavy atom. The minimum atomic E-state index is 0.0664. The summed E-state index contributed by atoms with van der Waals surface area (Å²) in [6.45, 7) is 4.26. The van der Waals surface area contributed by atoms with Crippen molar-refractivity contribution in [3.8, 4) is 11.3 Å². The first-order valence-electron chi connectivity index (χ1n) is 9.31. The van der Waals surface area contributed by atoms with E-state index in [0.717, 1.165) is 50.5 Å². The van der Waals surface area contributed by atoms with E-state index in [4.69, 9.17) is 4.42 Å². The van der Waals surface area contributed by atoms with Gasteiger partial charge in [-0.05, 0) is 30.2 Å². The number of aromatic nitrogens is 2. The average molecular weight is 364 g/mol. The van der Waals surface area contributed by atoms with Crippen molar-refractivity contribution in [1.29, 1.82) is 0 Å². The van der Waals surface area contributed by atoms with Crippen molar-refractivity contribution in [2.45, 2.75) is 13.0 Å². The Balaban J connectivity index is 1.40. The van der Waals surface area contributed by atoms with E-state index in [0.29, 0.717) is 5.69 Å². The molecule has 3 heterocycles. The molecule has 1 fully saturated rings. The maximum Gasteiger partial charge on any atom is 0.272 e. The normalized spacial score (nSPS) is 15.7. The van der Waals surface area contributed by atoms with Crippen molar-refractivity contribution >= 4 is 5.91 Å². The van der Waals surface area contributed by atoms with Crippen LogP contribution in [0.2, 0.25) is 0 Å². The first-order valence-corrected chi connectivity index (χ1v) is 9.31. The van der Waals surface area contributed by atoms with Crippen LogP contribution in [0.15, 0.2) is 59.6 Å². The van der Waals surface area contributed by atoms with Gasteiger partial charge in [0.1, 0.15) is 11.5 Å². The SMILES string of the molecule is Cn1cncc1C(=O)N1CCCN(Cc2cccc(-c3ccco3)c2)CC1. The third kappa shape index (κ3) is 3.95. The quantitative estimate of drug-likeness (QED) is 0.714. The Labute approximate surface area is 159 Å². The topological polar surface area (TPSA) is 54.5 Å². The van der Waals surface area contributed by atoms with E-state index in [2.05, 4.69) is 34.1 Å². The van der Waals surface area contributed by atoms with Crippen LogP contribution in [-0.2, 0) is 13.6 Å². The molecule has 0 spiro atoms. The molecule has 1 aliphatic rings. The summed E-state index contributed by atoms with van der Waals surface area (Å²) in [5.41, 5.74) is 3.00. The van der Waals surface area contributed by atoms with Crippen molar-refractivity contribution in [3.05, 3.63) is 66.4 Å². The number of rotatable bonds is 4. The number of aryl methyl sites for hydroxylation is 1. The summed E-state index contributed by atoms with van der Waals surface area (Å²) in [5.74, 6) is 0.956. The molecule has 0 atom stereocenters. The van der Waals surface area contributed by atoms with Crippen LogP contribution in [0.5, 0.6) is 0 Å². The monoisotopic (exact) mass is 364 g/mol. The van der Waals surface area contributed by atoms with Crippen LogP contribution in [0.1, 0.15) is 22.5 Å². The molecule has 27 heavy (non-hydrogen) atoms. The van der Waals surface area contributed by atoms with E-state index < -0.39 is 0 Å². The minimum absolute atomic E-state index is 0.0664. The van der Waals surface area contributed by atoms with E-state index in [1.807, 2.05) is 24.1 Å². The zero-order valence-corrected chi connectivity index (χ0v) is 15.5. The zero-order chi connectivity index (χ0) is 18.6. The lowest BCUT2D eigenvalue weighted by molar-refractivity contribution is 0.0751. The maximum absolute atomic E-state index is 12.7. The fourth-order valence-corrected chi connectivity index (χ4v) is 3.58. The number of carbonyl (C=O) groups excluding carboxylic acids is 1. The number of nitrogens with zero attached hydrogens (tertiary/aromatic N) is 4. The van der Waals surface area contributed by atoms with Gasteiger partial charge in [-0.15, -0.1) is 0 Å². The summed E-state index contributed by atoms with van der Waals surface area (Å²) in [6.07, 6.45) is 5.99. The summed E-state index contributed by atoms with van der Waals surface area (Å²) < 4.78 is 7.29. The van der Waals surface area contributed by atoms with Crippen molar-refractivity contribution in [1.82, 2.24) is 19.4 Å². The molecule has 3 aromatic rings. The maximum atomic E-state index is 12.7. The van der Waals surface area contributed by atoms with E-state index in [1.165, 1.54) is 5.56 Å². The number of furan rings is 1. The summed E-state index contributed by atoms with van der Waals surface area (Å²) in [4.78, 5) is 21.1. The lowest BCUT2D eigenvalue weighted by Gasteiger charge is -2.22. The molecule has 0 radical (unpaired) electrons. The third-order valence-corrected chi connectivity index (χ3v) is 5.05. The number of amides is 1. The van der Waals surface area contributed by atoms with Crippen LogP contribution in [0.3, 0.4) is 0 Å². The van der Waals surface area contributed by atoms with E-state index in [-0.39, 0.29) is 5.91 Å². The fraction of sp³-hybridized carbons (Fsp3) is 0.333. The van der Waals surface area contributed by atoms with E-state index >= 15 is 0 Å². The van der Waals surface area contributed by atoms with Gasteiger partial charge in [0.25, 0.3) is 5.91 Å². The molecular weight excluding hydrogens is 340 g/mol. The molecule has 1 amide bonds. The van der Waals surface area contributed by atoms with Gasteiger partial charge in [0.2, 0.25) is 0 Å². The highest BCUT2D eigenvalue weighted by Crippen LogP contribution is 2.22. The van der Waals surface area contributed by atoms with E-state index in [1.54, 1.807) is 23.4 Å². The van der Waals surface area contributed by atoms with Crippen LogP contribution in [0, 0.1) is 0 Å². The van der Waals surface area contributed by atoms with Crippen molar-refractivity contribution < 1.29 is 9.21 Å². The number of hydrogen-bond acceptors (Lipinski definition) is 4. The Kier molecular flexibility index (Phi) is 5.07. The molecular formula is C21H24N4O2. The molecule has 0 N–H and O–H groups in total. The molecule has 2 aromatic heterocycles. The number of benzene rings is 1. The van der Waals surface area contributed by atoms with Gasteiger partial charge in [0, 0.05) is 45.3 Å². The van der Waals surface area contributed by atoms with Crippen LogP contribution in [-0.4, -0.2) is 51.4 Å². The summed E-state index contributed by atoms with van der Waals surface area (Å²) in [7, 11) is 1.86. The number of imidazole rings is 1. The molecule has 1 aliphatic heterocycles. The zero-order valence-electron chi connectivity index (χ0n) is 15.5. The van der Waals surface area contributed by atoms with Crippen molar-refractivity contribution in [2.24, 2.45) is 7.05 Å². The molecule has 4 rings (SSSR count). The molecule has 1 saturated heterocycles. The second-order valence-corrected chi connectivity index (χ2v) is 6.99. The van der Waals surface area contributed by atoms with E-state index in [9.17, 15) is 4.79 Å². The van der Waals surface area contributed by atoms with Gasteiger partial charge in [-0.1, -0.05) is 18.2 Å². The second-order valence-electron chi connectivity index (χ2n) is 6.99. The predicted octanol–water partition coefficient (Wildman–Crippen LogP) is 3.03. The molecule has 6 heteroatoms. The smallest absolute Gasteiger partial charge is 0.272 e. The van der Waals surface area contributed by atoms with Gasteiger partial charge in [-0.3, -0.25) is 9.69 Å². The van der Waals surface area contributed by atoms with Gasteiger partial charge < -0.3 is 13.9 Å². The Morgan fingerprint density at radius 1 is 1.15 bits per heavy atom. The summed E-state index contributed by atoms with van der Waals surface area (Å²) in [5, 5.41) is 0. The van der Waals surface area contributed by atoms with Gasteiger partial charge >= 0.3 is 0 Å². The van der Waals surface area contributed by atoms with Crippen LogP contribution in [0.4, 0.5) is 0 Å². The van der Waals surface area contributed by atoms with Crippen LogP contribution in [0.25, 0.3) is 11.3 Å². The molecule has 0 bridgehead atoms.